The van der Waals surface area contributed by atoms with Crippen LogP contribution in [0.1, 0.15) is 32.8 Å². The van der Waals surface area contributed by atoms with E-state index in [-0.39, 0.29) is 41.7 Å². The lowest BCUT2D eigenvalue weighted by atomic mass is 10.1. The standard InChI is InChI=1S/C22H28N2O6S/c1-5-16(2)24(22(26)15-29-4)14-18-8-6-7-9-21(18)30-31(27,28)20-12-10-19(11-13-20)23-17(3)25/h6-13,16H,5,14-15H2,1-4H3,(H,23,25)/t16-/m0/s1. The third kappa shape index (κ3) is 6.80. The number of para-hydroxylation sites is 1. The molecule has 1 N–H and O–H groups in total. The van der Waals surface area contributed by atoms with Gasteiger partial charge in [-0.2, -0.15) is 8.42 Å². The highest BCUT2D eigenvalue weighted by Crippen LogP contribution is 2.26. The summed E-state index contributed by atoms with van der Waals surface area (Å²) >= 11 is 0. The van der Waals surface area contributed by atoms with Gasteiger partial charge in [-0.05, 0) is 43.7 Å². The van der Waals surface area contributed by atoms with Crippen molar-refractivity contribution in [2.75, 3.05) is 19.0 Å². The molecule has 0 unspecified atom stereocenters. The van der Waals surface area contributed by atoms with E-state index in [1.165, 1.54) is 38.3 Å². The number of anilines is 1. The number of nitrogens with zero attached hydrogens (tertiary/aromatic N) is 1. The molecule has 168 valence electrons. The first-order valence-corrected chi connectivity index (χ1v) is 11.3. The second-order valence-corrected chi connectivity index (χ2v) is 8.61. The molecule has 2 aromatic carbocycles. The number of carbonyl (C=O) groups excluding carboxylic acids is 2. The van der Waals surface area contributed by atoms with Gasteiger partial charge in [0.1, 0.15) is 17.3 Å². The van der Waals surface area contributed by atoms with Gasteiger partial charge in [-0.1, -0.05) is 25.1 Å². The second kappa shape index (κ2) is 10.9. The number of hydrogen-bond acceptors (Lipinski definition) is 6. The number of amides is 2. The first-order chi connectivity index (χ1) is 14.7. The summed E-state index contributed by atoms with van der Waals surface area (Å²) in [5.74, 6) is -0.301. The van der Waals surface area contributed by atoms with Crippen LogP contribution in [0.25, 0.3) is 0 Å². The van der Waals surface area contributed by atoms with E-state index in [0.717, 1.165) is 6.42 Å². The molecule has 9 heteroatoms. The van der Waals surface area contributed by atoms with Crippen molar-refractivity contribution in [1.29, 1.82) is 0 Å². The average molecular weight is 449 g/mol. The van der Waals surface area contributed by atoms with Crippen LogP contribution in [-0.2, 0) is 31.0 Å². The van der Waals surface area contributed by atoms with Crippen LogP contribution in [0.3, 0.4) is 0 Å². The summed E-state index contributed by atoms with van der Waals surface area (Å²) in [4.78, 5) is 25.2. The lowest BCUT2D eigenvalue weighted by Gasteiger charge is -2.29. The Hall–Kier alpha value is -2.91. The molecule has 0 fully saturated rings. The Morgan fingerprint density at radius 3 is 2.32 bits per heavy atom. The van der Waals surface area contributed by atoms with Crippen LogP contribution in [0.15, 0.2) is 53.4 Å². The van der Waals surface area contributed by atoms with Crippen LogP contribution in [0.2, 0.25) is 0 Å². The normalized spacial score (nSPS) is 12.1. The first kappa shape index (κ1) is 24.4. The Balaban J connectivity index is 2.28. The Morgan fingerprint density at radius 1 is 1.10 bits per heavy atom. The van der Waals surface area contributed by atoms with E-state index >= 15 is 0 Å². The third-order valence-electron chi connectivity index (χ3n) is 4.69. The fraction of sp³-hybridized carbons (Fsp3) is 0.364. The van der Waals surface area contributed by atoms with Crippen molar-refractivity contribution in [3.63, 3.8) is 0 Å². The maximum atomic E-state index is 12.8. The summed E-state index contributed by atoms with van der Waals surface area (Å²) in [5.41, 5.74) is 1.04. The number of rotatable bonds is 10. The smallest absolute Gasteiger partial charge is 0.339 e. The van der Waals surface area contributed by atoms with E-state index in [2.05, 4.69) is 5.32 Å². The van der Waals surface area contributed by atoms with E-state index < -0.39 is 10.1 Å². The molecule has 31 heavy (non-hydrogen) atoms. The molecular formula is C22H28N2O6S. The Labute approximate surface area is 183 Å². The van der Waals surface area contributed by atoms with Gasteiger partial charge in [0, 0.05) is 37.9 Å². The summed E-state index contributed by atoms with van der Waals surface area (Å²) in [5, 5.41) is 2.58. The molecule has 0 radical (unpaired) electrons. The Kier molecular flexibility index (Phi) is 8.58. The molecule has 0 bridgehead atoms. The lowest BCUT2D eigenvalue weighted by molar-refractivity contribution is -0.138. The highest BCUT2D eigenvalue weighted by atomic mass is 32.2. The number of benzene rings is 2. The van der Waals surface area contributed by atoms with Crippen molar-refractivity contribution >= 4 is 27.6 Å². The lowest BCUT2D eigenvalue weighted by Crippen LogP contribution is -2.40. The Morgan fingerprint density at radius 2 is 1.74 bits per heavy atom. The zero-order valence-corrected chi connectivity index (χ0v) is 18.9. The van der Waals surface area contributed by atoms with Gasteiger partial charge in [-0.15, -0.1) is 0 Å². The highest BCUT2D eigenvalue weighted by molar-refractivity contribution is 7.87. The van der Waals surface area contributed by atoms with E-state index in [1.807, 2.05) is 13.8 Å². The van der Waals surface area contributed by atoms with Gasteiger partial charge in [0.15, 0.2) is 0 Å². The van der Waals surface area contributed by atoms with Gasteiger partial charge >= 0.3 is 10.1 Å². The van der Waals surface area contributed by atoms with Crippen LogP contribution in [0.4, 0.5) is 5.69 Å². The minimum atomic E-state index is -4.11. The van der Waals surface area contributed by atoms with Gasteiger partial charge in [-0.3, -0.25) is 9.59 Å². The number of hydrogen-bond donors (Lipinski definition) is 1. The van der Waals surface area contributed by atoms with Crippen molar-refractivity contribution in [2.24, 2.45) is 0 Å². The number of carbonyl (C=O) groups is 2. The molecule has 0 aliphatic carbocycles. The largest absolute Gasteiger partial charge is 0.379 e. The van der Waals surface area contributed by atoms with Gasteiger partial charge in [0.05, 0.1) is 0 Å². The van der Waals surface area contributed by atoms with Gasteiger partial charge in [-0.25, -0.2) is 0 Å². The quantitative estimate of drug-likeness (QED) is 0.560. The predicted molar refractivity (Wildman–Crippen MR) is 117 cm³/mol. The summed E-state index contributed by atoms with van der Waals surface area (Å²) in [6, 6.07) is 12.3. The van der Waals surface area contributed by atoms with E-state index in [9.17, 15) is 18.0 Å². The van der Waals surface area contributed by atoms with E-state index in [4.69, 9.17) is 8.92 Å². The van der Waals surface area contributed by atoms with Crippen molar-refractivity contribution in [3.05, 3.63) is 54.1 Å². The van der Waals surface area contributed by atoms with E-state index in [1.54, 1.807) is 29.2 Å². The van der Waals surface area contributed by atoms with Crippen molar-refractivity contribution in [1.82, 2.24) is 4.90 Å². The van der Waals surface area contributed by atoms with Crippen LogP contribution in [0, 0.1) is 0 Å². The molecular weight excluding hydrogens is 420 g/mol. The van der Waals surface area contributed by atoms with Gasteiger partial charge in [0.2, 0.25) is 11.8 Å². The van der Waals surface area contributed by atoms with Crippen LogP contribution < -0.4 is 9.50 Å². The van der Waals surface area contributed by atoms with E-state index in [0.29, 0.717) is 11.3 Å². The molecule has 0 heterocycles. The SMILES string of the molecule is CC[C@H](C)N(Cc1ccccc1OS(=O)(=O)c1ccc(NC(C)=O)cc1)C(=O)COC. The van der Waals surface area contributed by atoms with Crippen LogP contribution >= 0.6 is 0 Å². The number of methoxy groups -OCH3 is 1. The topological polar surface area (TPSA) is 102 Å². The average Bonchev–Trinajstić information content (AvgIpc) is 2.72. The minimum absolute atomic E-state index is 0.0503. The number of nitrogens with one attached hydrogen (secondary N) is 1. The minimum Gasteiger partial charge on any atom is -0.379 e. The molecule has 2 aromatic rings. The molecule has 1 atom stereocenters. The third-order valence-corrected chi connectivity index (χ3v) is 5.94. The molecule has 0 spiro atoms. The molecule has 8 nitrogen and oxygen atoms in total. The van der Waals surface area contributed by atoms with Gasteiger partial charge in [0.25, 0.3) is 0 Å². The maximum absolute atomic E-state index is 12.8. The van der Waals surface area contributed by atoms with Crippen molar-refractivity contribution in [3.8, 4) is 5.75 Å². The molecule has 2 amide bonds. The second-order valence-electron chi connectivity index (χ2n) is 7.06. The summed E-state index contributed by atoms with van der Waals surface area (Å²) < 4.78 is 36.0. The summed E-state index contributed by atoms with van der Waals surface area (Å²) in [7, 11) is -2.66. The number of ether oxygens (including phenoxy) is 1. The molecule has 0 aliphatic rings. The fourth-order valence-electron chi connectivity index (χ4n) is 2.89. The molecule has 2 rings (SSSR count). The monoisotopic (exact) mass is 448 g/mol. The molecule has 0 aliphatic heterocycles. The molecule has 0 aromatic heterocycles. The summed E-state index contributed by atoms with van der Waals surface area (Å²) in [6.07, 6.45) is 0.734. The van der Waals surface area contributed by atoms with Gasteiger partial charge < -0.3 is 19.1 Å². The zero-order chi connectivity index (χ0) is 23.0. The molecule has 0 saturated heterocycles. The summed E-state index contributed by atoms with van der Waals surface area (Å²) in [6.45, 7) is 5.38. The fourth-order valence-corrected chi connectivity index (χ4v) is 3.85. The molecule has 0 saturated carbocycles. The van der Waals surface area contributed by atoms with Crippen molar-refractivity contribution < 1.29 is 26.9 Å². The van der Waals surface area contributed by atoms with Crippen LogP contribution in [0.5, 0.6) is 5.75 Å². The maximum Gasteiger partial charge on any atom is 0.339 e. The highest BCUT2D eigenvalue weighted by Gasteiger charge is 2.23. The Bertz CT molecular complexity index is 1000. The predicted octanol–water partition coefficient (Wildman–Crippen LogP) is 3.19. The zero-order valence-electron chi connectivity index (χ0n) is 18.1. The first-order valence-electron chi connectivity index (χ1n) is 9.86. The van der Waals surface area contributed by atoms with Crippen LogP contribution in [-0.4, -0.2) is 44.9 Å². The van der Waals surface area contributed by atoms with Crippen molar-refractivity contribution in [2.45, 2.75) is 44.7 Å².